The quantitative estimate of drug-likeness (QED) is 0.426. The van der Waals surface area contributed by atoms with E-state index in [2.05, 4.69) is 37.8 Å². The third-order valence-electron chi connectivity index (χ3n) is 3.20. The number of nitrogens with zero attached hydrogens (tertiary/aromatic N) is 2. The molecule has 2 aromatic carbocycles. The molecule has 0 saturated carbocycles. The zero-order valence-corrected chi connectivity index (χ0v) is 16.0. The molecular formula is C18H17BrN4OS. The summed E-state index contributed by atoms with van der Waals surface area (Å²) >= 11 is 8.50. The number of halogens is 1. The Morgan fingerprint density at radius 1 is 1.36 bits per heavy atom. The van der Waals surface area contributed by atoms with Crippen LogP contribution in [0.1, 0.15) is 23.6 Å². The Balaban J connectivity index is 2.11. The summed E-state index contributed by atoms with van der Waals surface area (Å²) in [6.45, 7) is 2.98. The van der Waals surface area contributed by atoms with E-state index in [0.29, 0.717) is 23.0 Å². The molecule has 7 heteroatoms. The highest BCUT2D eigenvalue weighted by Crippen LogP contribution is 2.23. The summed E-state index contributed by atoms with van der Waals surface area (Å²) in [5.74, 6) is 0.663. The fourth-order valence-corrected chi connectivity index (χ4v) is 2.60. The molecule has 0 amide bonds. The van der Waals surface area contributed by atoms with Crippen LogP contribution in [0.4, 0.5) is 0 Å². The molecule has 5 nitrogen and oxygen atoms in total. The number of nitriles is 1. The first-order valence-electron chi connectivity index (χ1n) is 7.61. The maximum atomic E-state index is 9.16. The number of hydrogen-bond donors (Lipinski definition) is 2. The van der Waals surface area contributed by atoms with Gasteiger partial charge in [-0.3, -0.25) is 5.43 Å². The van der Waals surface area contributed by atoms with Gasteiger partial charge in [0.2, 0.25) is 0 Å². The standard InChI is InChI=1S/C18H17BrN4OS/c1-2-21-18(25)23-22-11-15-9-16(19)7-8-17(15)24-12-14-6-4-3-5-13(14)10-20/h3-9,11H,2,12H2,1H3,(H2,21,23,25). The smallest absolute Gasteiger partial charge is 0.186 e. The van der Waals surface area contributed by atoms with E-state index in [1.165, 1.54) is 0 Å². The second kappa shape index (κ2) is 9.77. The van der Waals surface area contributed by atoms with E-state index in [-0.39, 0.29) is 0 Å². The molecule has 0 fully saturated rings. The zero-order valence-electron chi connectivity index (χ0n) is 13.6. The first-order chi connectivity index (χ1) is 12.1. The average Bonchev–Trinajstić information content (AvgIpc) is 2.61. The summed E-state index contributed by atoms with van der Waals surface area (Å²) in [7, 11) is 0. The predicted octanol–water partition coefficient (Wildman–Crippen LogP) is 3.72. The molecule has 0 saturated heterocycles. The van der Waals surface area contributed by atoms with Crippen LogP contribution in [0, 0.1) is 11.3 Å². The van der Waals surface area contributed by atoms with Gasteiger partial charge in [-0.1, -0.05) is 34.1 Å². The molecule has 2 rings (SSSR count). The molecule has 25 heavy (non-hydrogen) atoms. The maximum absolute atomic E-state index is 9.16. The Kier molecular flexibility index (Phi) is 7.38. The van der Waals surface area contributed by atoms with Gasteiger partial charge in [-0.2, -0.15) is 10.4 Å². The second-order valence-electron chi connectivity index (χ2n) is 4.97. The highest BCUT2D eigenvalue weighted by atomic mass is 79.9. The van der Waals surface area contributed by atoms with Crippen molar-refractivity contribution in [1.29, 1.82) is 5.26 Å². The minimum atomic E-state index is 0.301. The van der Waals surface area contributed by atoms with Crippen LogP contribution < -0.4 is 15.5 Å². The van der Waals surface area contributed by atoms with Crippen molar-refractivity contribution in [3.8, 4) is 11.8 Å². The fourth-order valence-electron chi connectivity index (χ4n) is 2.02. The summed E-state index contributed by atoms with van der Waals surface area (Å²) in [5.41, 5.74) is 4.97. The third kappa shape index (κ3) is 5.85. The average molecular weight is 417 g/mol. The van der Waals surface area contributed by atoms with Crippen molar-refractivity contribution in [3.63, 3.8) is 0 Å². The lowest BCUT2D eigenvalue weighted by Crippen LogP contribution is -2.31. The van der Waals surface area contributed by atoms with Gasteiger partial charge in [-0.05, 0) is 43.4 Å². The van der Waals surface area contributed by atoms with Gasteiger partial charge < -0.3 is 10.1 Å². The molecule has 0 aliphatic carbocycles. The monoisotopic (exact) mass is 416 g/mol. The van der Waals surface area contributed by atoms with Gasteiger partial charge in [-0.15, -0.1) is 0 Å². The number of hydrogen-bond acceptors (Lipinski definition) is 4. The van der Waals surface area contributed by atoms with Crippen LogP contribution in [0.3, 0.4) is 0 Å². The number of thiocarbonyl (C=S) groups is 1. The third-order valence-corrected chi connectivity index (χ3v) is 3.93. The molecule has 0 radical (unpaired) electrons. The van der Waals surface area contributed by atoms with Crippen molar-refractivity contribution in [2.45, 2.75) is 13.5 Å². The molecule has 0 aliphatic heterocycles. The van der Waals surface area contributed by atoms with Crippen molar-refractivity contribution in [2.24, 2.45) is 5.10 Å². The summed E-state index contributed by atoms with van der Waals surface area (Å²) in [5, 5.41) is 16.7. The maximum Gasteiger partial charge on any atom is 0.186 e. The molecule has 128 valence electrons. The molecule has 0 spiro atoms. The second-order valence-corrected chi connectivity index (χ2v) is 6.29. The van der Waals surface area contributed by atoms with Crippen LogP contribution in [-0.2, 0) is 6.61 Å². The van der Waals surface area contributed by atoms with Crippen molar-refractivity contribution in [1.82, 2.24) is 10.7 Å². The lowest BCUT2D eigenvalue weighted by Gasteiger charge is -2.11. The molecule has 2 N–H and O–H groups in total. The lowest BCUT2D eigenvalue weighted by molar-refractivity contribution is 0.305. The van der Waals surface area contributed by atoms with Crippen LogP contribution in [-0.4, -0.2) is 17.9 Å². The Morgan fingerprint density at radius 3 is 2.92 bits per heavy atom. The van der Waals surface area contributed by atoms with E-state index in [0.717, 1.165) is 22.1 Å². The van der Waals surface area contributed by atoms with Crippen LogP contribution in [0.25, 0.3) is 0 Å². The minimum Gasteiger partial charge on any atom is -0.488 e. The zero-order chi connectivity index (χ0) is 18.1. The van der Waals surface area contributed by atoms with Crippen LogP contribution in [0.5, 0.6) is 5.75 Å². The van der Waals surface area contributed by atoms with E-state index in [4.69, 9.17) is 22.2 Å². The minimum absolute atomic E-state index is 0.301. The molecular weight excluding hydrogens is 400 g/mol. The number of hydrazone groups is 1. The van der Waals surface area contributed by atoms with Crippen molar-refractivity contribution in [3.05, 3.63) is 63.6 Å². The molecule has 0 aromatic heterocycles. The Hall–Kier alpha value is -2.43. The molecule has 0 unspecified atom stereocenters. The number of ether oxygens (including phenoxy) is 1. The van der Waals surface area contributed by atoms with Gasteiger partial charge in [0.05, 0.1) is 17.8 Å². The van der Waals surface area contributed by atoms with Gasteiger partial charge in [0, 0.05) is 22.1 Å². The predicted molar refractivity (Wildman–Crippen MR) is 107 cm³/mol. The molecule has 0 aliphatic rings. The van der Waals surface area contributed by atoms with Crippen molar-refractivity contribution >= 4 is 39.5 Å². The highest BCUT2D eigenvalue weighted by Gasteiger charge is 2.06. The van der Waals surface area contributed by atoms with Gasteiger partial charge in [-0.25, -0.2) is 0 Å². The SMILES string of the molecule is CCNC(=S)NN=Cc1cc(Br)ccc1OCc1ccccc1C#N. The Bertz CT molecular complexity index is 817. The Labute approximate surface area is 160 Å². The van der Waals surface area contributed by atoms with E-state index in [9.17, 15) is 0 Å². The first kappa shape index (κ1) is 18.9. The van der Waals surface area contributed by atoms with Crippen LogP contribution in [0.15, 0.2) is 52.0 Å². The number of nitrogens with one attached hydrogen (secondary N) is 2. The first-order valence-corrected chi connectivity index (χ1v) is 8.81. The summed E-state index contributed by atoms with van der Waals surface area (Å²) in [6.07, 6.45) is 1.64. The Morgan fingerprint density at radius 2 is 2.16 bits per heavy atom. The van der Waals surface area contributed by atoms with Gasteiger partial charge in [0.15, 0.2) is 5.11 Å². The number of benzene rings is 2. The summed E-state index contributed by atoms with van der Waals surface area (Å²) < 4.78 is 6.80. The summed E-state index contributed by atoms with van der Waals surface area (Å²) in [4.78, 5) is 0. The van der Waals surface area contributed by atoms with E-state index in [1.54, 1.807) is 12.3 Å². The van der Waals surface area contributed by atoms with E-state index in [1.807, 2.05) is 43.3 Å². The molecule has 0 heterocycles. The molecule has 0 bridgehead atoms. The number of rotatable bonds is 6. The summed E-state index contributed by atoms with van der Waals surface area (Å²) in [6, 6.07) is 15.2. The normalized spacial score (nSPS) is 10.3. The molecule has 0 atom stereocenters. The van der Waals surface area contributed by atoms with Crippen molar-refractivity contribution < 1.29 is 4.74 Å². The fraction of sp³-hybridized carbons (Fsp3) is 0.167. The van der Waals surface area contributed by atoms with Crippen molar-refractivity contribution in [2.75, 3.05) is 6.54 Å². The largest absolute Gasteiger partial charge is 0.488 e. The van der Waals surface area contributed by atoms with E-state index < -0.39 is 0 Å². The van der Waals surface area contributed by atoms with Gasteiger partial charge >= 0.3 is 0 Å². The lowest BCUT2D eigenvalue weighted by atomic mass is 10.1. The van der Waals surface area contributed by atoms with Crippen LogP contribution >= 0.6 is 28.1 Å². The van der Waals surface area contributed by atoms with Gasteiger partial charge in [0.25, 0.3) is 0 Å². The highest BCUT2D eigenvalue weighted by molar-refractivity contribution is 9.10. The topological polar surface area (TPSA) is 69.4 Å². The van der Waals surface area contributed by atoms with Crippen LogP contribution in [0.2, 0.25) is 0 Å². The van der Waals surface area contributed by atoms with E-state index >= 15 is 0 Å². The molecule has 2 aromatic rings. The van der Waals surface area contributed by atoms with Gasteiger partial charge in [0.1, 0.15) is 12.4 Å².